The van der Waals surface area contributed by atoms with Crippen LogP contribution in [0.2, 0.25) is 0 Å². The third-order valence-electron chi connectivity index (χ3n) is 6.78. The van der Waals surface area contributed by atoms with Gasteiger partial charge in [-0.3, -0.25) is 9.69 Å². The topological polar surface area (TPSA) is 59.2 Å². The molecule has 2 aromatic heterocycles. The number of nitrogen functional groups attached to an aromatic ring is 1. The van der Waals surface area contributed by atoms with Crippen molar-refractivity contribution in [3.63, 3.8) is 0 Å². The Balaban J connectivity index is 1.51. The lowest BCUT2D eigenvalue weighted by Gasteiger charge is -2.24. The summed E-state index contributed by atoms with van der Waals surface area (Å²) in [6.07, 6.45) is 7.50. The summed E-state index contributed by atoms with van der Waals surface area (Å²) < 4.78 is 0. The van der Waals surface area contributed by atoms with Crippen LogP contribution in [0.3, 0.4) is 0 Å². The highest BCUT2D eigenvalue weighted by Gasteiger charge is 2.30. The molecular formula is C27H25N3OS. The number of amides is 1. The number of rotatable bonds is 1. The van der Waals surface area contributed by atoms with Gasteiger partial charge in [0.2, 0.25) is 0 Å². The molecule has 160 valence electrons. The van der Waals surface area contributed by atoms with E-state index in [1.54, 1.807) is 0 Å². The van der Waals surface area contributed by atoms with Crippen LogP contribution in [0, 0.1) is 0 Å². The molecule has 0 saturated carbocycles. The Hall–Kier alpha value is -3.18. The van der Waals surface area contributed by atoms with E-state index in [1.165, 1.54) is 53.0 Å². The van der Waals surface area contributed by atoms with Gasteiger partial charge >= 0.3 is 0 Å². The molecule has 2 aromatic carbocycles. The average molecular weight is 440 g/mol. The minimum Gasteiger partial charge on any atom is -0.397 e. The van der Waals surface area contributed by atoms with Gasteiger partial charge in [0.25, 0.3) is 5.91 Å². The lowest BCUT2D eigenvalue weighted by Crippen LogP contribution is -2.26. The van der Waals surface area contributed by atoms with E-state index in [2.05, 4.69) is 18.2 Å². The van der Waals surface area contributed by atoms with E-state index in [9.17, 15) is 4.79 Å². The largest absolute Gasteiger partial charge is 0.397 e. The number of carbonyl (C=O) groups excluding carboxylic acids is 1. The van der Waals surface area contributed by atoms with Crippen LogP contribution in [0.15, 0.2) is 54.6 Å². The number of carbonyl (C=O) groups is 1. The summed E-state index contributed by atoms with van der Waals surface area (Å²) in [5.41, 5.74) is 13.9. The van der Waals surface area contributed by atoms with Gasteiger partial charge < -0.3 is 5.73 Å². The molecule has 0 saturated heterocycles. The third kappa shape index (κ3) is 3.11. The summed E-state index contributed by atoms with van der Waals surface area (Å²) >= 11 is 1.43. The number of hydrogen-bond acceptors (Lipinski definition) is 4. The lowest BCUT2D eigenvalue weighted by molar-refractivity contribution is 0.100. The monoisotopic (exact) mass is 439 g/mol. The number of aromatic nitrogens is 1. The van der Waals surface area contributed by atoms with Gasteiger partial charge in [0, 0.05) is 11.1 Å². The number of anilines is 3. The van der Waals surface area contributed by atoms with Crippen LogP contribution in [0.1, 0.15) is 51.3 Å². The zero-order valence-electron chi connectivity index (χ0n) is 17.9. The van der Waals surface area contributed by atoms with Gasteiger partial charge in [-0.15, -0.1) is 11.3 Å². The van der Waals surface area contributed by atoms with Gasteiger partial charge in [-0.05, 0) is 73.4 Å². The summed E-state index contributed by atoms with van der Waals surface area (Å²) in [7, 11) is 0. The fourth-order valence-electron chi connectivity index (χ4n) is 5.10. The van der Waals surface area contributed by atoms with Gasteiger partial charge in [-0.2, -0.15) is 0 Å². The maximum absolute atomic E-state index is 14.1. The van der Waals surface area contributed by atoms with Crippen molar-refractivity contribution in [1.29, 1.82) is 0 Å². The average Bonchev–Trinajstić information content (AvgIpc) is 2.98. The smallest absolute Gasteiger partial charge is 0.275 e. The molecule has 5 heteroatoms. The molecular weight excluding hydrogens is 414 g/mol. The van der Waals surface area contributed by atoms with Crippen molar-refractivity contribution in [2.24, 2.45) is 0 Å². The summed E-state index contributed by atoms with van der Waals surface area (Å²) in [6.45, 7) is 0. The van der Waals surface area contributed by atoms with E-state index in [0.717, 1.165) is 47.3 Å². The predicted molar refractivity (Wildman–Crippen MR) is 132 cm³/mol. The fraction of sp³-hybridized carbons (Fsp3) is 0.259. The second kappa shape index (κ2) is 7.75. The number of nitrogens with zero attached hydrogens (tertiary/aromatic N) is 2. The molecule has 1 aliphatic heterocycles. The first kappa shape index (κ1) is 19.5. The van der Waals surface area contributed by atoms with E-state index in [0.29, 0.717) is 10.6 Å². The quantitative estimate of drug-likeness (QED) is 0.358. The van der Waals surface area contributed by atoms with Crippen molar-refractivity contribution in [3.05, 3.63) is 81.9 Å². The number of thiophene rings is 1. The van der Waals surface area contributed by atoms with Gasteiger partial charge in [0.1, 0.15) is 9.71 Å². The summed E-state index contributed by atoms with van der Waals surface area (Å²) in [5.74, 6) is -0.0671. The molecule has 2 N–H and O–H groups in total. The zero-order chi connectivity index (χ0) is 21.7. The maximum Gasteiger partial charge on any atom is 0.275 e. The number of nitrogens with two attached hydrogens (primary N) is 1. The lowest BCUT2D eigenvalue weighted by atomic mass is 10.0. The Bertz CT molecular complexity index is 1310. The van der Waals surface area contributed by atoms with E-state index in [1.807, 2.05) is 41.3 Å². The Labute approximate surface area is 191 Å². The summed E-state index contributed by atoms with van der Waals surface area (Å²) in [4.78, 5) is 22.4. The Kier molecular flexibility index (Phi) is 4.72. The van der Waals surface area contributed by atoms with Crippen LogP contribution < -0.4 is 10.6 Å². The number of hydrogen-bond donors (Lipinski definition) is 1. The maximum atomic E-state index is 14.1. The third-order valence-corrected chi connectivity index (χ3v) is 7.88. The molecule has 3 heterocycles. The van der Waals surface area contributed by atoms with Crippen molar-refractivity contribution in [3.8, 4) is 0 Å². The molecule has 0 spiro atoms. The summed E-state index contributed by atoms with van der Waals surface area (Å²) in [6, 6.07) is 18.6. The first-order valence-corrected chi connectivity index (χ1v) is 12.2. The van der Waals surface area contributed by atoms with E-state index < -0.39 is 0 Å². The summed E-state index contributed by atoms with van der Waals surface area (Å²) in [5, 5.41) is 0.926. The molecule has 1 aliphatic carbocycles. The van der Waals surface area contributed by atoms with Crippen LogP contribution in [-0.4, -0.2) is 10.9 Å². The van der Waals surface area contributed by atoms with Crippen LogP contribution >= 0.6 is 11.3 Å². The molecule has 0 fully saturated rings. The minimum absolute atomic E-state index is 0.0671. The second-order valence-corrected chi connectivity index (χ2v) is 9.75. The first-order chi connectivity index (χ1) is 15.7. The molecule has 2 aliphatic rings. The van der Waals surface area contributed by atoms with Gasteiger partial charge in [-0.25, -0.2) is 4.98 Å². The standard InChI is InChI=1S/C27H25N3OS/c28-24-20-16-19-10-2-1-3-11-21(19)29-26(20)32-25(24)27(31)30-22-12-6-4-8-17(22)14-15-18-9-5-7-13-23(18)30/h4-9,12-13,16H,1-3,10-11,14-15,28H2. The first-order valence-electron chi connectivity index (χ1n) is 11.4. The van der Waals surface area contributed by atoms with Gasteiger partial charge in [-0.1, -0.05) is 42.8 Å². The van der Waals surface area contributed by atoms with E-state index in [-0.39, 0.29) is 5.91 Å². The number of aryl methyl sites for hydroxylation is 4. The van der Waals surface area contributed by atoms with Gasteiger partial charge in [0.15, 0.2) is 0 Å². The van der Waals surface area contributed by atoms with Gasteiger partial charge in [0.05, 0.1) is 17.1 Å². The van der Waals surface area contributed by atoms with Crippen LogP contribution in [-0.2, 0) is 25.7 Å². The SMILES string of the molecule is Nc1c(C(=O)N2c3ccccc3CCc3ccccc32)sc2nc3c(cc12)CCCCC3. The molecule has 6 rings (SSSR count). The van der Waals surface area contributed by atoms with Crippen molar-refractivity contribution < 1.29 is 4.79 Å². The van der Waals surface area contributed by atoms with Crippen molar-refractivity contribution in [2.45, 2.75) is 44.9 Å². The molecule has 1 amide bonds. The number of para-hydroxylation sites is 2. The molecule has 0 atom stereocenters. The highest BCUT2D eigenvalue weighted by atomic mass is 32.1. The molecule has 4 aromatic rings. The highest BCUT2D eigenvalue weighted by Crippen LogP contribution is 2.41. The highest BCUT2D eigenvalue weighted by molar-refractivity contribution is 7.21. The molecule has 0 radical (unpaired) electrons. The molecule has 32 heavy (non-hydrogen) atoms. The van der Waals surface area contributed by atoms with Crippen molar-refractivity contribution >= 4 is 44.5 Å². The van der Waals surface area contributed by atoms with Crippen molar-refractivity contribution in [1.82, 2.24) is 4.98 Å². The Morgan fingerprint density at radius 3 is 2.22 bits per heavy atom. The van der Waals surface area contributed by atoms with Crippen LogP contribution in [0.25, 0.3) is 10.2 Å². The zero-order valence-corrected chi connectivity index (χ0v) is 18.8. The Morgan fingerprint density at radius 2 is 1.50 bits per heavy atom. The minimum atomic E-state index is -0.0671. The molecule has 0 bridgehead atoms. The van der Waals surface area contributed by atoms with Crippen molar-refractivity contribution in [2.75, 3.05) is 10.6 Å². The number of benzene rings is 2. The predicted octanol–water partition coefficient (Wildman–Crippen LogP) is 6.22. The van der Waals surface area contributed by atoms with E-state index >= 15 is 0 Å². The van der Waals surface area contributed by atoms with E-state index in [4.69, 9.17) is 10.7 Å². The van der Waals surface area contributed by atoms with Crippen LogP contribution in [0.4, 0.5) is 17.1 Å². The number of pyridine rings is 1. The molecule has 4 nitrogen and oxygen atoms in total. The fourth-order valence-corrected chi connectivity index (χ4v) is 6.12. The Morgan fingerprint density at radius 1 is 0.844 bits per heavy atom. The van der Waals surface area contributed by atoms with Crippen LogP contribution in [0.5, 0.6) is 0 Å². The second-order valence-electron chi connectivity index (χ2n) is 8.75. The normalized spacial score (nSPS) is 15.4. The number of fused-ring (bicyclic) bond motifs is 4. The molecule has 0 unspecified atom stereocenters.